The van der Waals surface area contributed by atoms with Crippen LogP contribution in [0.3, 0.4) is 0 Å². The van der Waals surface area contributed by atoms with Gasteiger partial charge in [0.2, 0.25) is 12.7 Å². The first kappa shape index (κ1) is 17.7. The van der Waals surface area contributed by atoms with E-state index in [0.717, 1.165) is 21.3 Å². The molecule has 1 N–H and O–H groups in total. The van der Waals surface area contributed by atoms with Gasteiger partial charge in [-0.15, -0.1) is 0 Å². The summed E-state index contributed by atoms with van der Waals surface area (Å²) in [5, 5.41) is 3.54. The fraction of sp³-hybridized carbons (Fsp3) is 0.130. The van der Waals surface area contributed by atoms with Gasteiger partial charge in [0.05, 0.1) is 10.2 Å². The van der Waals surface area contributed by atoms with Gasteiger partial charge in [-0.25, -0.2) is 4.98 Å². The largest absolute Gasteiger partial charge is 0.454 e. The first-order valence-corrected chi connectivity index (χ1v) is 10.2. The molecule has 144 valence electrons. The van der Waals surface area contributed by atoms with Gasteiger partial charge in [0, 0.05) is 24.5 Å². The highest BCUT2D eigenvalue weighted by molar-refractivity contribution is 7.22. The smallest absolute Gasteiger partial charge is 0.231 e. The highest BCUT2D eigenvalue weighted by Gasteiger charge is 2.20. The van der Waals surface area contributed by atoms with E-state index in [0.29, 0.717) is 23.1 Å². The maximum absolute atomic E-state index is 12.9. The number of hydrogen-bond acceptors (Lipinski definition) is 5. The molecular formula is C23H18N2O3S. The van der Waals surface area contributed by atoms with Crippen molar-refractivity contribution in [1.29, 1.82) is 0 Å². The van der Waals surface area contributed by atoms with Crippen molar-refractivity contribution >= 4 is 32.6 Å². The van der Waals surface area contributed by atoms with E-state index < -0.39 is 0 Å². The molecule has 2 heterocycles. The molecule has 1 aromatic heterocycles. The SMILES string of the molecule is O=C(CC(c1ccccc1)c1ccccc1)Nc1nc2cc3c(cc2s1)OCO3. The van der Waals surface area contributed by atoms with E-state index in [2.05, 4.69) is 34.6 Å². The van der Waals surface area contributed by atoms with Crippen LogP contribution in [0.5, 0.6) is 11.5 Å². The van der Waals surface area contributed by atoms with Crippen molar-refractivity contribution in [2.24, 2.45) is 0 Å². The predicted octanol–water partition coefficient (Wildman–Crippen LogP) is 5.19. The number of hydrogen-bond donors (Lipinski definition) is 1. The minimum absolute atomic E-state index is 0.0163. The van der Waals surface area contributed by atoms with Gasteiger partial charge in [0.25, 0.3) is 0 Å². The summed E-state index contributed by atoms with van der Waals surface area (Å²) in [6.07, 6.45) is 0.340. The molecule has 5 nitrogen and oxygen atoms in total. The molecule has 0 saturated carbocycles. The van der Waals surface area contributed by atoms with E-state index in [1.807, 2.05) is 48.5 Å². The van der Waals surface area contributed by atoms with Gasteiger partial charge in [-0.2, -0.15) is 0 Å². The van der Waals surface area contributed by atoms with Crippen molar-refractivity contribution in [3.8, 4) is 11.5 Å². The van der Waals surface area contributed by atoms with Crippen molar-refractivity contribution < 1.29 is 14.3 Å². The summed E-state index contributed by atoms with van der Waals surface area (Å²) in [4.78, 5) is 17.4. The standard InChI is InChI=1S/C23H18N2O3S/c26-22(11-17(15-7-3-1-4-8-15)16-9-5-2-6-10-16)25-23-24-18-12-19-20(28-14-27-19)13-21(18)29-23/h1-10,12-13,17H,11,14H2,(H,24,25,26). The number of nitrogens with zero attached hydrogens (tertiary/aromatic N) is 1. The van der Waals surface area contributed by atoms with Crippen molar-refractivity contribution in [3.63, 3.8) is 0 Å². The zero-order chi connectivity index (χ0) is 19.6. The summed E-state index contributed by atoms with van der Waals surface area (Å²) in [5.41, 5.74) is 3.02. The number of fused-ring (bicyclic) bond motifs is 2. The average molecular weight is 402 g/mol. The van der Waals surface area contributed by atoms with Crippen LogP contribution in [0.1, 0.15) is 23.5 Å². The van der Waals surface area contributed by atoms with Crippen molar-refractivity contribution in [2.75, 3.05) is 12.1 Å². The molecule has 0 aliphatic carbocycles. The second kappa shape index (κ2) is 7.56. The van der Waals surface area contributed by atoms with Crippen LogP contribution in [0.4, 0.5) is 5.13 Å². The molecular weight excluding hydrogens is 384 g/mol. The van der Waals surface area contributed by atoms with Crippen LogP contribution in [0, 0.1) is 0 Å². The van der Waals surface area contributed by atoms with Crippen LogP contribution in [-0.4, -0.2) is 17.7 Å². The Balaban J connectivity index is 1.37. The van der Waals surface area contributed by atoms with Crippen LogP contribution in [0.25, 0.3) is 10.2 Å². The Morgan fingerprint density at radius 2 is 1.59 bits per heavy atom. The van der Waals surface area contributed by atoms with Gasteiger partial charge in [-0.3, -0.25) is 4.79 Å². The Hall–Kier alpha value is -3.38. The third-order valence-corrected chi connectivity index (χ3v) is 5.86. The van der Waals surface area contributed by atoms with Crippen molar-refractivity contribution in [2.45, 2.75) is 12.3 Å². The topological polar surface area (TPSA) is 60.5 Å². The summed E-state index contributed by atoms with van der Waals surface area (Å²) in [6, 6.07) is 24.0. The molecule has 0 bridgehead atoms. The summed E-state index contributed by atoms with van der Waals surface area (Å²) >= 11 is 1.43. The number of carbonyl (C=O) groups excluding carboxylic acids is 1. The number of carbonyl (C=O) groups is 1. The Morgan fingerprint density at radius 3 is 2.24 bits per heavy atom. The molecule has 0 spiro atoms. The van der Waals surface area contributed by atoms with Gasteiger partial charge in [0.1, 0.15) is 0 Å². The minimum Gasteiger partial charge on any atom is -0.454 e. The zero-order valence-electron chi connectivity index (χ0n) is 15.5. The number of rotatable bonds is 5. The monoisotopic (exact) mass is 402 g/mol. The molecule has 0 atom stereocenters. The molecule has 0 radical (unpaired) electrons. The van der Waals surface area contributed by atoms with Crippen LogP contribution < -0.4 is 14.8 Å². The molecule has 5 rings (SSSR count). The second-order valence-electron chi connectivity index (χ2n) is 6.82. The summed E-state index contributed by atoms with van der Waals surface area (Å²) < 4.78 is 11.8. The van der Waals surface area contributed by atoms with E-state index >= 15 is 0 Å². The number of aromatic nitrogens is 1. The Kier molecular flexibility index (Phi) is 4.62. The molecule has 3 aromatic carbocycles. The third-order valence-electron chi connectivity index (χ3n) is 4.92. The van der Waals surface area contributed by atoms with E-state index in [1.54, 1.807) is 0 Å². The number of nitrogens with one attached hydrogen (secondary N) is 1. The quantitative estimate of drug-likeness (QED) is 0.499. The predicted molar refractivity (Wildman–Crippen MR) is 114 cm³/mol. The number of anilines is 1. The summed E-state index contributed by atoms with van der Waals surface area (Å²) in [6.45, 7) is 0.233. The van der Waals surface area contributed by atoms with Crippen molar-refractivity contribution in [1.82, 2.24) is 4.98 Å². The summed E-state index contributed by atoms with van der Waals surface area (Å²) in [7, 11) is 0. The molecule has 0 saturated heterocycles. The number of ether oxygens (including phenoxy) is 2. The van der Waals surface area contributed by atoms with Gasteiger partial charge >= 0.3 is 0 Å². The maximum atomic E-state index is 12.9. The Bertz CT molecular complexity index is 1080. The molecule has 1 aliphatic rings. The maximum Gasteiger partial charge on any atom is 0.231 e. The van der Waals surface area contributed by atoms with Gasteiger partial charge < -0.3 is 14.8 Å². The number of benzene rings is 3. The van der Waals surface area contributed by atoms with Gasteiger partial charge in [-0.1, -0.05) is 72.0 Å². The van der Waals surface area contributed by atoms with Gasteiger partial charge in [0.15, 0.2) is 16.6 Å². The average Bonchev–Trinajstić information content (AvgIpc) is 3.36. The molecule has 1 aliphatic heterocycles. The Labute approximate surface area is 171 Å². The minimum atomic E-state index is -0.0678. The molecule has 0 unspecified atom stereocenters. The first-order valence-electron chi connectivity index (χ1n) is 9.36. The number of thiazole rings is 1. The normalized spacial score (nSPS) is 12.4. The summed E-state index contributed by atoms with van der Waals surface area (Å²) in [5.74, 6) is 1.32. The Morgan fingerprint density at radius 1 is 0.966 bits per heavy atom. The highest BCUT2D eigenvalue weighted by atomic mass is 32.1. The molecule has 4 aromatic rings. The van der Waals surface area contributed by atoms with Crippen molar-refractivity contribution in [3.05, 3.63) is 83.9 Å². The molecule has 29 heavy (non-hydrogen) atoms. The lowest BCUT2D eigenvalue weighted by molar-refractivity contribution is -0.116. The van der Waals surface area contributed by atoms with Crippen LogP contribution in [-0.2, 0) is 4.79 Å². The third kappa shape index (κ3) is 3.67. The van der Waals surface area contributed by atoms with Crippen LogP contribution in [0.2, 0.25) is 0 Å². The first-order chi connectivity index (χ1) is 14.3. The lowest BCUT2D eigenvalue weighted by atomic mass is 9.88. The van der Waals surface area contributed by atoms with E-state index in [4.69, 9.17) is 9.47 Å². The zero-order valence-corrected chi connectivity index (χ0v) is 16.3. The molecule has 1 amide bonds. The van der Waals surface area contributed by atoms with E-state index in [9.17, 15) is 4.79 Å². The fourth-order valence-corrected chi connectivity index (χ4v) is 4.42. The van der Waals surface area contributed by atoms with Gasteiger partial charge in [-0.05, 0) is 11.1 Å². The lowest BCUT2D eigenvalue weighted by Gasteiger charge is -2.17. The fourth-order valence-electron chi connectivity index (χ4n) is 3.53. The van der Waals surface area contributed by atoms with Crippen LogP contribution in [0.15, 0.2) is 72.8 Å². The lowest BCUT2D eigenvalue weighted by Crippen LogP contribution is -2.16. The van der Waals surface area contributed by atoms with E-state index in [-0.39, 0.29) is 18.6 Å². The highest BCUT2D eigenvalue weighted by Crippen LogP contribution is 2.39. The van der Waals surface area contributed by atoms with Crippen LogP contribution >= 0.6 is 11.3 Å². The van der Waals surface area contributed by atoms with E-state index in [1.165, 1.54) is 11.3 Å². The second-order valence-corrected chi connectivity index (χ2v) is 7.85. The molecule has 0 fully saturated rings. The number of amides is 1. The molecule has 6 heteroatoms.